The third kappa shape index (κ3) is 2.68. The molecule has 28 heavy (non-hydrogen) atoms. The van der Waals surface area contributed by atoms with Crippen molar-refractivity contribution in [2.45, 2.75) is 6.54 Å². The molecule has 5 aromatic rings. The first kappa shape index (κ1) is 16.7. The van der Waals surface area contributed by atoms with Crippen molar-refractivity contribution in [1.29, 1.82) is 0 Å². The van der Waals surface area contributed by atoms with E-state index in [0.717, 1.165) is 21.7 Å². The molecule has 0 aliphatic heterocycles. The number of ketones is 1. The molecule has 138 valence electrons. The summed E-state index contributed by atoms with van der Waals surface area (Å²) in [5.74, 6) is 2.06. The molecule has 0 aliphatic rings. The van der Waals surface area contributed by atoms with Crippen LogP contribution in [0.2, 0.25) is 0 Å². The van der Waals surface area contributed by atoms with Crippen molar-refractivity contribution >= 4 is 33.9 Å². The first-order valence-corrected chi connectivity index (χ1v) is 9.68. The van der Waals surface area contributed by atoms with Crippen molar-refractivity contribution in [2.75, 3.05) is 7.11 Å². The molecule has 0 amide bonds. The van der Waals surface area contributed by atoms with Crippen molar-refractivity contribution in [3.63, 3.8) is 0 Å². The molecule has 0 bridgehead atoms. The van der Waals surface area contributed by atoms with Crippen molar-refractivity contribution in [3.05, 3.63) is 71.6 Å². The molecule has 0 radical (unpaired) electrons. The van der Waals surface area contributed by atoms with E-state index in [9.17, 15) is 4.79 Å². The molecule has 7 heteroatoms. The Kier molecular flexibility index (Phi) is 3.95. The van der Waals surface area contributed by atoms with Gasteiger partial charge in [-0.1, -0.05) is 18.2 Å². The van der Waals surface area contributed by atoms with Crippen LogP contribution < -0.4 is 4.74 Å². The molecule has 0 unspecified atom stereocenters. The number of Topliss-reactive ketones (excluding diaryl/α,β-unsaturated/α-hetero) is 1. The van der Waals surface area contributed by atoms with Crippen LogP contribution in [0.3, 0.4) is 0 Å². The van der Waals surface area contributed by atoms with Crippen LogP contribution >= 0.6 is 11.3 Å². The number of aromatic nitrogens is 4. The van der Waals surface area contributed by atoms with E-state index in [1.165, 1.54) is 0 Å². The third-order valence-electron chi connectivity index (χ3n) is 4.69. The van der Waals surface area contributed by atoms with E-state index >= 15 is 0 Å². The number of hydrogen-bond acceptors (Lipinski definition) is 5. The Bertz CT molecular complexity index is 1280. The maximum atomic E-state index is 12.9. The highest BCUT2D eigenvalue weighted by Gasteiger charge is 2.19. The SMILES string of the molecule is COc1ccc(C(=O)Cn2c3ccccc3n3nc(-c4cccs4)nc23)cc1. The van der Waals surface area contributed by atoms with Gasteiger partial charge in [0.05, 0.1) is 29.6 Å². The second-order valence-corrected chi connectivity index (χ2v) is 7.30. The maximum Gasteiger partial charge on any atom is 0.234 e. The Morgan fingerprint density at radius 2 is 1.82 bits per heavy atom. The average molecular weight is 388 g/mol. The number of para-hydroxylation sites is 2. The van der Waals surface area contributed by atoms with Crippen LogP contribution in [0.1, 0.15) is 10.4 Å². The Hall–Kier alpha value is -3.45. The Morgan fingerprint density at radius 3 is 2.54 bits per heavy atom. The highest BCUT2D eigenvalue weighted by molar-refractivity contribution is 7.13. The van der Waals surface area contributed by atoms with Gasteiger partial charge < -0.3 is 9.30 Å². The lowest BCUT2D eigenvalue weighted by atomic mass is 10.1. The number of benzene rings is 2. The number of carbonyl (C=O) groups is 1. The summed E-state index contributed by atoms with van der Waals surface area (Å²) in [4.78, 5) is 18.6. The average Bonchev–Trinajstić information content (AvgIpc) is 3.46. The molecular weight excluding hydrogens is 372 g/mol. The summed E-state index contributed by atoms with van der Waals surface area (Å²) in [6, 6.07) is 19.0. The second kappa shape index (κ2) is 6.61. The minimum Gasteiger partial charge on any atom is -0.497 e. The van der Waals surface area contributed by atoms with Crippen LogP contribution in [0.5, 0.6) is 5.75 Å². The number of carbonyl (C=O) groups excluding carboxylic acids is 1. The van der Waals surface area contributed by atoms with Crippen molar-refractivity contribution in [1.82, 2.24) is 19.2 Å². The molecule has 2 aromatic carbocycles. The van der Waals surface area contributed by atoms with Gasteiger partial charge in [0.25, 0.3) is 0 Å². The molecule has 0 fully saturated rings. The van der Waals surface area contributed by atoms with Gasteiger partial charge in [-0.05, 0) is 47.8 Å². The first-order chi connectivity index (χ1) is 13.7. The van der Waals surface area contributed by atoms with Crippen molar-refractivity contribution < 1.29 is 9.53 Å². The molecule has 3 heterocycles. The molecule has 0 saturated carbocycles. The zero-order chi connectivity index (χ0) is 19.1. The van der Waals surface area contributed by atoms with Gasteiger partial charge in [-0.25, -0.2) is 0 Å². The number of rotatable bonds is 5. The van der Waals surface area contributed by atoms with Crippen LogP contribution in [-0.4, -0.2) is 32.1 Å². The Balaban J connectivity index is 1.61. The second-order valence-electron chi connectivity index (χ2n) is 6.35. The monoisotopic (exact) mass is 388 g/mol. The minimum atomic E-state index is 0.00609. The molecule has 0 atom stereocenters. The lowest BCUT2D eigenvalue weighted by Crippen LogP contribution is -2.10. The van der Waals surface area contributed by atoms with Gasteiger partial charge in [0.15, 0.2) is 11.6 Å². The van der Waals surface area contributed by atoms with Crippen molar-refractivity contribution in [2.24, 2.45) is 0 Å². The number of hydrogen-bond donors (Lipinski definition) is 0. The van der Waals surface area contributed by atoms with Gasteiger partial charge in [0, 0.05) is 5.56 Å². The van der Waals surface area contributed by atoms with E-state index in [2.05, 4.69) is 5.10 Å². The van der Waals surface area contributed by atoms with E-state index in [4.69, 9.17) is 9.72 Å². The minimum absolute atomic E-state index is 0.00609. The molecule has 0 aliphatic carbocycles. The van der Waals surface area contributed by atoms with E-state index in [0.29, 0.717) is 17.2 Å². The number of thiophene rings is 1. The largest absolute Gasteiger partial charge is 0.497 e. The van der Waals surface area contributed by atoms with Crippen LogP contribution in [0.15, 0.2) is 66.0 Å². The van der Waals surface area contributed by atoms with Crippen LogP contribution in [-0.2, 0) is 6.54 Å². The molecule has 6 nitrogen and oxygen atoms in total. The van der Waals surface area contributed by atoms with E-state index < -0.39 is 0 Å². The van der Waals surface area contributed by atoms with Crippen LogP contribution in [0, 0.1) is 0 Å². The number of nitrogens with zero attached hydrogens (tertiary/aromatic N) is 4. The summed E-state index contributed by atoms with van der Waals surface area (Å²) in [6.07, 6.45) is 0. The standard InChI is InChI=1S/C21H16N4O2S/c1-27-15-10-8-14(9-11-15)18(26)13-24-16-5-2-3-6-17(16)25-21(24)22-20(23-25)19-7-4-12-28-19/h2-12H,13H2,1H3. The summed E-state index contributed by atoms with van der Waals surface area (Å²) >= 11 is 1.59. The summed E-state index contributed by atoms with van der Waals surface area (Å²) in [6.45, 7) is 0.186. The molecular formula is C21H16N4O2S. The first-order valence-electron chi connectivity index (χ1n) is 8.80. The van der Waals surface area contributed by atoms with E-state index in [1.807, 2.05) is 50.9 Å². The smallest absolute Gasteiger partial charge is 0.234 e. The molecule has 3 aromatic heterocycles. The summed E-state index contributed by atoms with van der Waals surface area (Å²) < 4.78 is 8.90. The predicted octanol–water partition coefficient (Wildman–Crippen LogP) is 4.30. The summed E-state index contributed by atoms with van der Waals surface area (Å²) in [7, 11) is 1.61. The quantitative estimate of drug-likeness (QED) is 0.421. The number of imidazole rings is 1. The van der Waals surface area contributed by atoms with Gasteiger partial charge in [-0.2, -0.15) is 9.50 Å². The topological polar surface area (TPSA) is 61.4 Å². The highest BCUT2D eigenvalue weighted by atomic mass is 32.1. The zero-order valence-electron chi connectivity index (χ0n) is 15.1. The van der Waals surface area contributed by atoms with E-state index in [1.54, 1.807) is 42.7 Å². The molecule has 5 rings (SSSR count). The normalized spacial score (nSPS) is 11.3. The summed E-state index contributed by atoms with van der Waals surface area (Å²) in [5, 5.41) is 6.67. The highest BCUT2D eigenvalue weighted by Crippen LogP contribution is 2.26. The fourth-order valence-electron chi connectivity index (χ4n) is 3.30. The fourth-order valence-corrected chi connectivity index (χ4v) is 3.95. The van der Waals surface area contributed by atoms with Crippen molar-refractivity contribution in [3.8, 4) is 16.5 Å². The predicted molar refractivity (Wildman–Crippen MR) is 109 cm³/mol. The lowest BCUT2D eigenvalue weighted by Gasteiger charge is -2.05. The Labute approximate surface area is 164 Å². The lowest BCUT2D eigenvalue weighted by molar-refractivity contribution is 0.0974. The van der Waals surface area contributed by atoms with Crippen LogP contribution in [0.25, 0.3) is 27.5 Å². The molecule has 0 saturated heterocycles. The van der Waals surface area contributed by atoms with Gasteiger partial charge in [0.2, 0.25) is 5.78 Å². The number of fused-ring (bicyclic) bond motifs is 3. The van der Waals surface area contributed by atoms with Gasteiger partial charge >= 0.3 is 0 Å². The molecule has 0 spiro atoms. The third-order valence-corrected chi connectivity index (χ3v) is 5.55. The van der Waals surface area contributed by atoms with Gasteiger partial charge in [0.1, 0.15) is 5.75 Å². The van der Waals surface area contributed by atoms with Crippen LogP contribution in [0.4, 0.5) is 0 Å². The maximum absolute atomic E-state index is 12.9. The van der Waals surface area contributed by atoms with Gasteiger partial charge in [-0.15, -0.1) is 16.4 Å². The summed E-state index contributed by atoms with van der Waals surface area (Å²) in [5.41, 5.74) is 2.49. The van der Waals surface area contributed by atoms with Gasteiger partial charge in [-0.3, -0.25) is 4.79 Å². The molecule has 0 N–H and O–H groups in total. The number of ether oxygens (including phenoxy) is 1. The zero-order valence-corrected chi connectivity index (χ0v) is 15.9. The van der Waals surface area contributed by atoms with E-state index in [-0.39, 0.29) is 12.3 Å². The Morgan fingerprint density at radius 1 is 1.04 bits per heavy atom. The fraction of sp³-hybridized carbons (Fsp3) is 0.0952. The number of methoxy groups -OCH3 is 1.